The number of nitrogens with one attached hydrogen (secondary N) is 2. The van der Waals surface area contributed by atoms with Gasteiger partial charge in [-0.3, -0.25) is 9.69 Å². The number of nitrogens with zero attached hydrogens (tertiary/aromatic N) is 4. The predicted octanol–water partition coefficient (Wildman–Crippen LogP) is 2.98. The van der Waals surface area contributed by atoms with E-state index in [1.807, 2.05) is 11.6 Å². The molecule has 2 aliphatic heterocycles. The molecule has 2 aromatic rings. The van der Waals surface area contributed by atoms with Crippen LogP contribution in [-0.2, 0) is 0 Å². The SMILES string of the molecule is Cc1c(C(=O)NCC(c2cccs2)N2CCCC2)nnn1C1CCNCC1.Cl.Cl. The number of carbonyl (C=O) groups is 1. The van der Waals surface area contributed by atoms with Gasteiger partial charge < -0.3 is 10.6 Å². The molecule has 2 aliphatic rings. The van der Waals surface area contributed by atoms with E-state index in [9.17, 15) is 4.79 Å². The molecule has 7 nitrogen and oxygen atoms in total. The van der Waals surface area contributed by atoms with E-state index in [0.29, 0.717) is 18.3 Å². The molecule has 2 N–H and O–H groups in total. The van der Waals surface area contributed by atoms with Crippen LogP contribution in [0.2, 0.25) is 0 Å². The van der Waals surface area contributed by atoms with Gasteiger partial charge in [0, 0.05) is 11.4 Å². The van der Waals surface area contributed by atoms with E-state index < -0.39 is 0 Å². The van der Waals surface area contributed by atoms with Crippen LogP contribution >= 0.6 is 36.2 Å². The van der Waals surface area contributed by atoms with Crippen LogP contribution in [-0.4, -0.2) is 58.5 Å². The molecule has 2 aromatic heterocycles. The number of halogens is 2. The van der Waals surface area contributed by atoms with Crippen molar-refractivity contribution in [2.24, 2.45) is 0 Å². The second kappa shape index (κ2) is 11.3. The molecule has 29 heavy (non-hydrogen) atoms. The Morgan fingerprint density at radius 2 is 2.03 bits per heavy atom. The monoisotopic (exact) mass is 460 g/mol. The zero-order valence-corrected chi connectivity index (χ0v) is 19.1. The van der Waals surface area contributed by atoms with Crippen LogP contribution in [0.15, 0.2) is 17.5 Å². The molecule has 2 fully saturated rings. The first-order chi connectivity index (χ1) is 13.2. The summed E-state index contributed by atoms with van der Waals surface area (Å²) in [5.41, 5.74) is 1.33. The lowest BCUT2D eigenvalue weighted by molar-refractivity contribution is 0.0932. The van der Waals surface area contributed by atoms with Gasteiger partial charge in [0.05, 0.1) is 17.8 Å². The zero-order chi connectivity index (χ0) is 18.6. The Morgan fingerprint density at radius 1 is 1.31 bits per heavy atom. The third kappa shape index (κ3) is 5.49. The number of likely N-dealkylation sites (tertiary alicyclic amines) is 1. The normalized spacial score (nSPS) is 18.7. The third-order valence-corrected chi connectivity index (χ3v) is 6.68. The molecule has 0 aliphatic carbocycles. The van der Waals surface area contributed by atoms with Crippen molar-refractivity contribution in [1.29, 1.82) is 0 Å². The van der Waals surface area contributed by atoms with E-state index in [1.165, 1.54) is 17.7 Å². The van der Waals surface area contributed by atoms with Gasteiger partial charge in [0.2, 0.25) is 0 Å². The van der Waals surface area contributed by atoms with Gasteiger partial charge in [0.15, 0.2) is 5.69 Å². The zero-order valence-electron chi connectivity index (χ0n) is 16.7. The van der Waals surface area contributed by atoms with Gasteiger partial charge in [-0.1, -0.05) is 11.3 Å². The second-order valence-corrected chi connectivity index (χ2v) is 8.41. The third-order valence-electron chi connectivity index (χ3n) is 5.71. The van der Waals surface area contributed by atoms with E-state index in [1.54, 1.807) is 11.3 Å². The van der Waals surface area contributed by atoms with Gasteiger partial charge in [-0.05, 0) is 70.2 Å². The minimum absolute atomic E-state index is 0. The molecule has 0 radical (unpaired) electrons. The first-order valence-corrected chi connectivity index (χ1v) is 10.8. The minimum Gasteiger partial charge on any atom is -0.349 e. The van der Waals surface area contributed by atoms with E-state index in [4.69, 9.17) is 0 Å². The fraction of sp³-hybridized carbons (Fsp3) is 0.632. The number of rotatable bonds is 6. The molecule has 4 heterocycles. The Morgan fingerprint density at radius 3 is 2.69 bits per heavy atom. The first kappa shape index (κ1) is 24.1. The molecule has 0 aromatic carbocycles. The van der Waals surface area contributed by atoms with Crippen LogP contribution in [0.1, 0.15) is 58.8 Å². The van der Waals surface area contributed by atoms with Crippen LogP contribution < -0.4 is 10.6 Å². The molecule has 4 rings (SSSR count). The molecule has 162 valence electrons. The quantitative estimate of drug-likeness (QED) is 0.692. The van der Waals surface area contributed by atoms with E-state index in [2.05, 4.69) is 43.4 Å². The Bertz CT molecular complexity index is 757. The highest BCUT2D eigenvalue weighted by Gasteiger charge is 2.27. The van der Waals surface area contributed by atoms with Crippen molar-refractivity contribution in [1.82, 2.24) is 30.5 Å². The fourth-order valence-corrected chi connectivity index (χ4v) is 5.03. The minimum atomic E-state index is -0.117. The standard InChI is InChI=1S/C19H28N6OS.2ClH/c1-14-18(22-23-25(14)15-6-8-20-9-7-15)19(26)21-13-16(17-5-4-12-27-17)24-10-2-3-11-24;;/h4-5,12,15-16,20H,2-3,6-11,13H2,1H3,(H,21,26);2*1H. The maximum atomic E-state index is 12.8. The Kier molecular flexibility index (Phi) is 9.36. The number of carbonyl (C=O) groups excluding carboxylic acids is 1. The van der Waals surface area contributed by atoms with Crippen LogP contribution in [0.4, 0.5) is 0 Å². The topological polar surface area (TPSA) is 75.1 Å². The van der Waals surface area contributed by atoms with Crippen molar-refractivity contribution in [3.05, 3.63) is 33.8 Å². The summed E-state index contributed by atoms with van der Waals surface area (Å²) in [4.78, 5) is 16.6. The summed E-state index contributed by atoms with van der Waals surface area (Å²) < 4.78 is 1.94. The van der Waals surface area contributed by atoms with Crippen molar-refractivity contribution < 1.29 is 4.79 Å². The van der Waals surface area contributed by atoms with Crippen molar-refractivity contribution >= 4 is 42.1 Å². The Balaban J connectivity index is 0.00000150. The predicted molar refractivity (Wildman–Crippen MR) is 121 cm³/mol. The fourth-order valence-electron chi connectivity index (χ4n) is 4.17. The van der Waals surface area contributed by atoms with Gasteiger partial charge in [-0.2, -0.15) is 0 Å². The van der Waals surface area contributed by atoms with Gasteiger partial charge in [-0.25, -0.2) is 4.68 Å². The summed E-state index contributed by atoms with van der Waals surface area (Å²) in [6.07, 6.45) is 4.53. The number of thiophene rings is 1. The first-order valence-electron chi connectivity index (χ1n) is 9.92. The summed E-state index contributed by atoms with van der Waals surface area (Å²) in [5, 5.41) is 17.1. The number of hydrogen-bond acceptors (Lipinski definition) is 6. The molecule has 1 amide bonds. The lowest BCUT2D eigenvalue weighted by Gasteiger charge is -2.26. The molecular formula is C19H30Cl2N6OS. The summed E-state index contributed by atoms with van der Waals surface area (Å²) in [5.74, 6) is -0.117. The molecule has 0 bridgehead atoms. The molecule has 10 heteroatoms. The highest BCUT2D eigenvalue weighted by molar-refractivity contribution is 7.10. The van der Waals surface area contributed by atoms with Gasteiger partial charge in [-0.15, -0.1) is 41.2 Å². The highest BCUT2D eigenvalue weighted by atomic mass is 35.5. The average molecular weight is 461 g/mol. The maximum Gasteiger partial charge on any atom is 0.273 e. The maximum absolute atomic E-state index is 12.8. The highest BCUT2D eigenvalue weighted by Crippen LogP contribution is 2.28. The number of piperidine rings is 1. The van der Waals surface area contributed by atoms with E-state index >= 15 is 0 Å². The van der Waals surface area contributed by atoms with Gasteiger partial charge in [0.25, 0.3) is 5.91 Å². The smallest absolute Gasteiger partial charge is 0.273 e. The van der Waals surface area contributed by atoms with Crippen molar-refractivity contribution in [2.45, 2.75) is 44.7 Å². The summed E-state index contributed by atoms with van der Waals surface area (Å²) >= 11 is 1.76. The summed E-state index contributed by atoms with van der Waals surface area (Å²) in [7, 11) is 0. The number of hydrogen-bond donors (Lipinski definition) is 2. The van der Waals surface area contributed by atoms with Crippen LogP contribution in [0.3, 0.4) is 0 Å². The van der Waals surface area contributed by atoms with Crippen molar-refractivity contribution in [2.75, 3.05) is 32.7 Å². The van der Waals surface area contributed by atoms with E-state index in [-0.39, 0.29) is 36.8 Å². The molecule has 2 saturated heterocycles. The molecular weight excluding hydrogens is 431 g/mol. The molecule has 1 atom stereocenters. The van der Waals surface area contributed by atoms with E-state index in [0.717, 1.165) is 44.7 Å². The second-order valence-electron chi connectivity index (χ2n) is 7.43. The van der Waals surface area contributed by atoms with Gasteiger partial charge >= 0.3 is 0 Å². The lowest BCUT2D eigenvalue weighted by atomic mass is 10.1. The molecule has 1 unspecified atom stereocenters. The number of amides is 1. The Labute approximate surface area is 188 Å². The van der Waals surface area contributed by atoms with Crippen LogP contribution in [0, 0.1) is 6.92 Å². The molecule has 0 saturated carbocycles. The van der Waals surface area contributed by atoms with Crippen molar-refractivity contribution in [3.63, 3.8) is 0 Å². The van der Waals surface area contributed by atoms with Crippen LogP contribution in [0.5, 0.6) is 0 Å². The largest absolute Gasteiger partial charge is 0.349 e. The lowest BCUT2D eigenvalue weighted by Crippen LogP contribution is -2.36. The molecule has 0 spiro atoms. The Hall–Kier alpha value is -1.19. The number of aromatic nitrogens is 3. The van der Waals surface area contributed by atoms with Crippen LogP contribution in [0.25, 0.3) is 0 Å². The summed E-state index contributed by atoms with van der Waals surface area (Å²) in [6, 6.07) is 4.83. The van der Waals surface area contributed by atoms with Crippen molar-refractivity contribution in [3.8, 4) is 0 Å². The van der Waals surface area contributed by atoms with Gasteiger partial charge in [0.1, 0.15) is 0 Å². The summed E-state index contributed by atoms with van der Waals surface area (Å²) in [6.45, 7) is 6.74. The average Bonchev–Trinajstić information content (AvgIpc) is 3.45.